The van der Waals surface area contributed by atoms with Crippen LogP contribution in [0.2, 0.25) is 0 Å². The molecule has 0 aliphatic rings. The molecule has 3 N–H and O–H groups in total. The number of hydrazine groups is 1. The summed E-state index contributed by atoms with van der Waals surface area (Å²) in [7, 11) is 0. The van der Waals surface area contributed by atoms with Crippen molar-refractivity contribution in [2.45, 2.75) is 6.18 Å². The van der Waals surface area contributed by atoms with Gasteiger partial charge in [0.25, 0.3) is 0 Å². The van der Waals surface area contributed by atoms with Crippen molar-refractivity contribution in [3.63, 3.8) is 0 Å². The van der Waals surface area contributed by atoms with Gasteiger partial charge in [-0.05, 0) is 24.3 Å². The Morgan fingerprint density at radius 3 is 2.32 bits per heavy atom. The topological polar surface area (TPSA) is 93.9 Å². The molecule has 0 aliphatic carbocycles. The molecular formula is C9H8F3N3O4. The van der Waals surface area contributed by atoms with Crippen LogP contribution >= 0.6 is 0 Å². The SMILES string of the molecule is NOOc1ccc(NN(C=O)C(=O)C(F)(F)F)cc1. The quantitative estimate of drug-likeness (QED) is 0.469. The smallest absolute Gasteiger partial charge is 0.320 e. The predicted octanol–water partition coefficient (Wildman–Crippen LogP) is 0.745. The van der Waals surface area contributed by atoms with E-state index in [0.29, 0.717) is 0 Å². The van der Waals surface area contributed by atoms with Gasteiger partial charge in [0.05, 0.1) is 5.69 Å². The van der Waals surface area contributed by atoms with E-state index in [1.165, 1.54) is 24.3 Å². The zero-order valence-corrected chi connectivity index (χ0v) is 9.18. The number of hydrogen-bond acceptors (Lipinski definition) is 6. The number of amides is 2. The van der Waals surface area contributed by atoms with Crippen molar-refractivity contribution < 1.29 is 32.6 Å². The fraction of sp³-hybridized carbons (Fsp3) is 0.111. The number of carbonyl (C=O) groups excluding carboxylic acids is 2. The van der Waals surface area contributed by atoms with Crippen LogP contribution in [0, 0.1) is 0 Å². The van der Waals surface area contributed by atoms with E-state index in [4.69, 9.17) is 0 Å². The van der Waals surface area contributed by atoms with Crippen LogP contribution in [0.3, 0.4) is 0 Å². The number of imide groups is 1. The van der Waals surface area contributed by atoms with E-state index in [2.05, 4.69) is 15.8 Å². The fourth-order valence-corrected chi connectivity index (χ4v) is 1.04. The Morgan fingerprint density at radius 1 is 1.32 bits per heavy atom. The highest BCUT2D eigenvalue weighted by molar-refractivity contribution is 5.91. The third kappa shape index (κ3) is 4.12. The number of nitrogens with zero attached hydrogens (tertiary/aromatic N) is 1. The van der Waals surface area contributed by atoms with Crippen LogP contribution < -0.4 is 16.2 Å². The maximum absolute atomic E-state index is 12.1. The van der Waals surface area contributed by atoms with Crippen molar-refractivity contribution in [3.05, 3.63) is 24.3 Å². The molecule has 1 aromatic rings. The van der Waals surface area contributed by atoms with Gasteiger partial charge in [-0.2, -0.15) is 24.1 Å². The molecule has 0 saturated carbocycles. The fourth-order valence-electron chi connectivity index (χ4n) is 1.04. The number of benzene rings is 1. The second-order valence-electron chi connectivity index (χ2n) is 3.09. The van der Waals surface area contributed by atoms with Crippen molar-refractivity contribution in [3.8, 4) is 5.75 Å². The van der Waals surface area contributed by atoms with E-state index >= 15 is 0 Å². The standard InChI is InChI=1S/C9H8F3N3O4/c10-9(11,12)8(17)15(5-16)14-6-1-3-7(4-2-6)18-19-13/h1-5,14H,13H2. The molecule has 7 nitrogen and oxygen atoms in total. The lowest BCUT2D eigenvalue weighted by atomic mass is 10.3. The Hall–Kier alpha value is -2.33. The lowest BCUT2D eigenvalue weighted by Crippen LogP contribution is -2.43. The summed E-state index contributed by atoms with van der Waals surface area (Å²) in [6, 6.07) is 5.06. The van der Waals surface area contributed by atoms with Gasteiger partial charge in [-0.15, -0.1) is 0 Å². The molecule has 104 valence electrons. The van der Waals surface area contributed by atoms with Crippen LogP contribution in [0.5, 0.6) is 5.75 Å². The van der Waals surface area contributed by atoms with Crippen LogP contribution in [-0.4, -0.2) is 23.5 Å². The zero-order valence-electron chi connectivity index (χ0n) is 9.18. The number of anilines is 1. The molecule has 19 heavy (non-hydrogen) atoms. The summed E-state index contributed by atoms with van der Waals surface area (Å²) in [5.41, 5.74) is 2.02. The van der Waals surface area contributed by atoms with E-state index in [1.807, 2.05) is 5.43 Å². The number of hydrogen-bond donors (Lipinski definition) is 2. The zero-order chi connectivity index (χ0) is 14.5. The molecule has 0 fully saturated rings. The minimum absolute atomic E-state index is 0.0501. The van der Waals surface area contributed by atoms with E-state index in [-0.39, 0.29) is 22.9 Å². The highest BCUT2D eigenvalue weighted by Crippen LogP contribution is 2.20. The molecule has 0 aromatic heterocycles. The average molecular weight is 279 g/mol. The highest BCUT2D eigenvalue weighted by atomic mass is 19.4. The Morgan fingerprint density at radius 2 is 1.89 bits per heavy atom. The third-order valence-electron chi connectivity index (χ3n) is 1.81. The average Bonchev–Trinajstić information content (AvgIpc) is 2.36. The molecular weight excluding hydrogens is 271 g/mol. The highest BCUT2D eigenvalue weighted by Gasteiger charge is 2.43. The van der Waals surface area contributed by atoms with Crippen molar-refractivity contribution >= 4 is 18.0 Å². The van der Waals surface area contributed by atoms with Gasteiger partial charge in [0.1, 0.15) is 0 Å². The maximum Gasteiger partial charge on any atom is 0.473 e. The van der Waals surface area contributed by atoms with Gasteiger partial charge >= 0.3 is 12.1 Å². The molecule has 1 aromatic carbocycles. The summed E-state index contributed by atoms with van der Waals surface area (Å²) >= 11 is 0. The summed E-state index contributed by atoms with van der Waals surface area (Å²) in [5, 5.41) is -0.227. The van der Waals surface area contributed by atoms with Crippen LogP contribution in [0.1, 0.15) is 0 Å². The minimum atomic E-state index is -5.16. The molecule has 0 spiro atoms. The second-order valence-corrected chi connectivity index (χ2v) is 3.09. The summed E-state index contributed by atoms with van der Waals surface area (Å²) < 4.78 is 36.3. The minimum Gasteiger partial charge on any atom is -0.320 e. The maximum atomic E-state index is 12.1. The monoisotopic (exact) mass is 279 g/mol. The molecule has 0 saturated heterocycles. The Balaban J connectivity index is 2.76. The molecule has 2 amide bonds. The van der Waals surface area contributed by atoms with Crippen molar-refractivity contribution in [1.82, 2.24) is 5.01 Å². The van der Waals surface area contributed by atoms with Crippen LogP contribution in [0.4, 0.5) is 18.9 Å². The van der Waals surface area contributed by atoms with E-state index in [9.17, 15) is 22.8 Å². The molecule has 10 heteroatoms. The Bertz CT molecular complexity index is 449. The number of rotatable bonds is 5. The van der Waals surface area contributed by atoms with Gasteiger partial charge in [-0.1, -0.05) is 4.99 Å². The number of alkyl halides is 3. The molecule has 0 aliphatic heterocycles. The van der Waals surface area contributed by atoms with Gasteiger partial charge in [-0.3, -0.25) is 15.0 Å². The van der Waals surface area contributed by atoms with Gasteiger partial charge < -0.3 is 4.89 Å². The van der Waals surface area contributed by atoms with Crippen LogP contribution in [0.15, 0.2) is 24.3 Å². The predicted molar refractivity (Wildman–Crippen MR) is 54.9 cm³/mol. The molecule has 0 radical (unpaired) electrons. The number of halogens is 3. The summed E-state index contributed by atoms with van der Waals surface area (Å²) in [6.45, 7) is 0. The molecule has 0 atom stereocenters. The normalized spacial score (nSPS) is 10.7. The van der Waals surface area contributed by atoms with Crippen molar-refractivity contribution in [2.24, 2.45) is 5.90 Å². The van der Waals surface area contributed by atoms with Gasteiger partial charge in [0, 0.05) is 0 Å². The van der Waals surface area contributed by atoms with Crippen LogP contribution in [-0.2, 0) is 14.6 Å². The van der Waals surface area contributed by atoms with E-state index < -0.39 is 12.1 Å². The largest absolute Gasteiger partial charge is 0.473 e. The van der Waals surface area contributed by atoms with E-state index in [1.54, 1.807) is 0 Å². The Labute approximate surface area is 104 Å². The van der Waals surface area contributed by atoms with Gasteiger partial charge in [0.15, 0.2) is 5.75 Å². The van der Waals surface area contributed by atoms with E-state index in [0.717, 1.165) is 0 Å². The van der Waals surface area contributed by atoms with Crippen molar-refractivity contribution in [2.75, 3.05) is 5.43 Å². The lowest BCUT2D eigenvalue weighted by Gasteiger charge is -2.18. The van der Waals surface area contributed by atoms with Gasteiger partial charge in [0.2, 0.25) is 6.41 Å². The number of nitrogens with two attached hydrogens (primary N) is 1. The number of nitrogens with one attached hydrogen (secondary N) is 1. The summed E-state index contributed by atoms with van der Waals surface area (Å²) in [6.07, 6.45) is -5.45. The molecule has 0 bridgehead atoms. The van der Waals surface area contributed by atoms with Crippen molar-refractivity contribution in [1.29, 1.82) is 0 Å². The number of carbonyl (C=O) groups is 2. The molecule has 1 rings (SSSR count). The summed E-state index contributed by atoms with van der Waals surface area (Å²) in [5.74, 6) is 2.46. The first-order valence-electron chi connectivity index (χ1n) is 4.64. The second kappa shape index (κ2) is 6.02. The molecule has 0 heterocycles. The van der Waals surface area contributed by atoms with Gasteiger partial charge in [-0.25, -0.2) is 0 Å². The first-order valence-corrected chi connectivity index (χ1v) is 4.64. The third-order valence-corrected chi connectivity index (χ3v) is 1.81. The first-order chi connectivity index (χ1) is 8.88. The van der Waals surface area contributed by atoms with Crippen LogP contribution in [0.25, 0.3) is 0 Å². The summed E-state index contributed by atoms with van der Waals surface area (Å²) in [4.78, 5) is 29.5. The molecule has 0 unspecified atom stereocenters. The Kier molecular flexibility index (Phi) is 4.67. The first kappa shape index (κ1) is 14.7. The lowest BCUT2D eigenvalue weighted by molar-refractivity contribution is -0.211.